The molecule has 142 valence electrons. The monoisotopic (exact) mass is 440 g/mol. The summed E-state index contributed by atoms with van der Waals surface area (Å²) in [5.41, 5.74) is 3.08. The van der Waals surface area contributed by atoms with Gasteiger partial charge < -0.3 is 25.7 Å². The Morgan fingerprint density at radius 2 is 1.79 bits per heavy atom. The third kappa shape index (κ3) is 3.46. The van der Waals surface area contributed by atoms with E-state index in [9.17, 15) is 9.59 Å². The molecule has 0 saturated carbocycles. The van der Waals surface area contributed by atoms with Crippen LogP contribution in [0.3, 0.4) is 0 Å². The maximum absolute atomic E-state index is 12.9. The van der Waals surface area contributed by atoms with Crippen LogP contribution in [0.1, 0.15) is 22.0 Å². The third-order valence-corrected chi connectivity index (χ3v) is 5.14. The molecule has 1 atom stereocenters. The number of amides is 2. The average molecular weight is 441 g/mol. The molecule has 8 heteroatoms. The number of aromatic nitrogens is 2. The number of H-pyrrole nitrogens is 2. The Kier molecular flexibility index (Phi) is 4.79. The van der Waals surface area contributed by atoms with Crippen LogP contribution in [-0.2, 0) is 0 Å². The number of carboxylic acid groups (broad SMARTS) is 1. The summed E-state index contributed by atoms with van der Waals surface area (Å²) in [6, 6.07) is 12.8. The number of hydrogen-bond acceptors (Lipinski definition) is 2. The minimum atomic E-state index is -1.15. The van der Waals surface area contributed by atoms with Crippen molar-refractivity contribution in [2.45, 2.75) is 6.04 Å². The van der Waals surface area contributed by atoms with Crippen LogP contribution < -0.4 is 10.6 Å². The van der Waals surface area contributed by atoms with Gasteiger partial charge in [-0.1, -0.05) is 34.1 Å². The first-order valence-electron chi connectivity index (χ1n) is 8.63. The zero-order valence-corrected chi connectivity index (χ0v) is 16.2. The van der Waals surface area contributed by atoms with E-state index in [0.29, 0.717) is 5.56 Å². The van der Waals surface area contributed by atoms with Gasteiger partial charge in [-0.15, -0.1) is 0 Å². The van der Waals surface area contributed by atoms with Crippen LogP contribution in [-0.4, -0.2) is 33.6 Å². The molecule has 2 aromatic heterocycles. The number of halogens is 1. The van der Waals surface area contributed by atoms with Crippen molar-refractivity contribution < 1.29 is 14.7 Å². The Morgan fingerprint density at radius 1 is 1.04 bits per heavy atom. The van der Waals surface area contributed by atoms with Gasteiger partial charge in [-0.3, -0.25) is 4.79 Å². The lowest BCUT2D eigenvalue weighted by Gasteiger charge is -2.18. The lowest BCUT2D eigenvalue weighted by atomic mass is 10.0. The molecule has 0 fully saturated rings. The number of carbonyl (C=O) groups excluding carboxylic acids is 1. The summed E-state index contributed by atoms with van der Waals surface area (Å²) in [4.78, 5) is 30.2. The van der Waals surface area contributed by atoms with Gasteiger partial charge in [0.05, 0.1) is 11.6 Å². The van der Waals surface area contributed by atoms with Crippen LogP contribution >= 0.6 is 15.9 Å². The topological polar surface area (TPSA) is 110 Å². The minimum Gasteiger partial charge on any atom is -0.465 e. The fraction of sp³-hybridized carbons (Fsp3) is 0.100. The summed E-state index contributed by atoms with van der Waals surface area (Å²) in [5.74, 6) is -0.279. The first-order chi connectivity index (χ1) is 13.5. The van der Waals surface area contributed by atoms with E-state index in [2.05, 4.69) is 36.5 Å². The lowest BCUT2D eigenvalue weighted by molar-refractivity contribution is 0.0937. The van der Waals surface area contributed by atoms with Crippen LogP contribution in [0.15, 0.2) is 59.3 Å². The number of nitrogens with one attached hydrogen (secondary N) is 4. The predicted octanol–water partition coefficient (Wildman–Crippen LogP) is 4.15. The molecule has 0 aliphatic rings. The van der Waals surface area contributed by atoms with Crippen molar-refractivity contribution in [3.8, 4) is 0 Å². The maximum atomic E-state index is 12.9. The van der Waals surface area contributed by atoms with Crippen molar-refractivity contribution in [1.82, 2.24) is 20.6 Å². The van der Waals surface area contributed by atoms with Gasteiger partial charge in [-0.25, -0.2) is 4.79 Å². The Bertz CT molecular complexity index is 1180. The van der Waals surface area contributed by atoms with Gasteiger partial charge in [-0.05, 0) is 24.3 Å². The van der Waals surface area contributed by atoms with Crippen molar-refractivity contribution in [1.29, 1.82) is 0 Å². The molecule has 1 unspecified atom stereocenters. The van der Waals surface area contributed by atoms with Gasteiger partial charge in [0, 0.05) is 50.8 Å². The number of para-hydroxylation sites is 1. The van der Waals surface area contributed by atoms with Gasteiger partial charge in [0.25, 0.3) is 5.91 Å². The molecular formula is C20H17BrN4O3. The van der Waals surface area contributed by atoms with Crippen molar-refractivity contribution in [3.63, 3.8) is 0 Å². The Balaban J connectivity index is 1.68. The molecule has 0 saturated heterocycles. The standard InChI is InChI=1S/C20H17BrN4O3/c21-11-5-6-17-13(7-11)14(8-22-17)18(10-24-20(27)28)25-19(26)15-9-23-16-4-2-1-3-12(15)16/h1-9,18,22-24H,10H2,(H,25,26)(H,27,28). The first kappa shape index (κ1) is 18.1. The molecule has 4 rings (SSSR count). The highest BCUT2D eigenvalue weighted by Gasteiger charge is 2.21. The molecule has 4 aromatic rings. The number of hydrogen-bond donors (Lipinski definition) is 5. The highest BCUT2D eigenvalue weighted by atomic mass is 79.9. The Labute approximate surface area is 168 Å². The number of rotatable bonds is 5. The molecular weight excluding hydrogens is 424 g/mol. The second-order valence-corrected chi connectivity index (χ2v) is 7.31. The Morgan fingerprint density at radius 3 is 2.61 bits per heavy atom. The minimum absolute atomic E-state index is 0.0445. The molecule has 5 N–H and O–H groups in total. The molecule has 2 heterocycles. The highest BCUT2D eigenvalue weighted by molar-refractivity contribution is 9.10. The van der Waals surface area contributed by atoms with Crippen molar-refractivity contribution >= 4 is 49.7 Å². The smallest absolute Gasteiger partial charge is 0.404 e. The zero-order valence-electron chi connectivity index (χ0n) is 14.6. The van der Waals surface area contributed by atoms with E-state index in [4.69, 9.17) is 5.11 Å². The van der Waals surface area contributed by atoms with Crippen molar-refractivity contribution in [2.24, 2.45) is 0 Å². The number of fused-ring (bicyclic) bond motifs is 2. The summed E-state index contributed by atoms with van der Waals surface area (Å²) < 4.78 is 0.897. The van der Waals surface area contributed by atoms with E-state index in [-0.39, 0.29) is 12.5 Å². The van der Waals surface area contributed by atoms with Gasteiger partial charge in [0.2, 0.25) is 0 Å². The van der Waals surface area contributed by atoms with Crippen LogP contribution in [0.5, 0.6) is 0 Å². The predicted molar refractivity (Wildman–Crippen MR) is 111 cm³/mol. The van der Waals surface area contributed by atoms with Crippen molar-refractivity contribution in [2.75, 3.05) is 6.54 Å². The molecule has 0 aliphatic heterocycles. The van der Waals surface area contributed by atoms with Gasteiger partial charge in [0.1, 0.15) is 0 Å². The zero-order chi connectivity index (χ0) is 19.7. The summed E-state index contributed by atoms with van der Waals surface area (Å²) in [7, 11) is 0. The van der Waals surface area contributed by atoms with Gasteiger partial charge >= 0.3 is 6.09 Å². The van der Waals surface area contributed by atoms with E-state index < -0.39 is 12.1 Å². The van der Waals surface area contributed by atoms with E-state index in [1.807, 2.05) is 42.5 Å². The lowest BCUT2D eigenvalue weighted by Crippen LogP contribution is -2.37. The van der Waals surface area contributed by atoms with Crippen molar-refractivity contribution in [3.05, 3.63) is 70.5 Å². The second-order valence-electron chi connectivity index (χ2n) is 6.39. The molecule has 0 aliphatic carbocycles. The molecule has 0 radical (unpaired) electrons. The molecule has 2 aromatic carbocycles. The van der Waals surface area contributed by atoms with Gasteiger partial charge in [0.15, 0.2) is 0 Å². The number of carbonyl (C=O) groups is 2. The third-order valence-electron chi connectivity index (χ3n) is 4.65. The maximum Gasteiger partial charge on any atom is 0.404 e. The average Bonchev–Trinajstić information content (AvgIpc) is 3.28. The highest BCUT2D eigenvalue weighted by Crippen LogP contribution is 2.28. The van der Waals surface area contributed by atoms with Crippen LogP contribution in [0.2, 0.25) is 0 Å². The molecule has 0 spiro atoms. The fourth-order valence-electron chi connectivity index (χ4n) is 3.33. The molecule has 7 nitrogen and oxygen atoms in total. The van der Waals surface area contributed by atoms with Crippen LogP contribution in [0.4, 0.5) is 4.79 Å². The van der Waals surface area contributed by atoms with Crippen LogP contribution in [0, 0.1) is 0 Å². The normalized spacial score (nSPS) is 12.2. The summed E-state index contributed by atoms with van der Waals surface area (Å²) in [6.45, 7) is 0.0445. The van der Waals surface area contributed by atoms with E-state index in [1.54, 1.807) is 12.4 Å². The number of aromatic amines is 2. The molecule has 2 amide bonds. The first-order valence-corrected chi connectivity index (χ1v) is 9.42. The van der Waals surface area contributed by atoms with E-state index >= 15 is 0 Å². The fourth-order valence-corrected chi connectivity index (χ4v) is 3.69. The molecule has 0 bridgehead atoms. The summed E-state index contributed by atoms with van der Waals surface area (Å²) in [5, 5.41) is 16.1. The van der Waals surface area contributed by atoms with Gasteiger partial charge in [-0.2, -0.15) is 0 Å². The largest absolute Gasteiger partial charge is 0.465 e. The quantitative estimate of drug-likeness (QED) is 0.321. The Hall–Kier alpha value is -3.26. The number of benzene rings is 2. The van der Waals surface area contributed by atoms with E-state index in [1.165, 1.54) is 0 Å². The van der Waals surface area contributed by atoms with E-state index in [0.717, 1.165) is 31.8 Å². The molecule has 28 heavy (non-hydrogen) atoms. The van der Waals surface area contributed by atoms with Crippen LogP contribution in [0.25, 0.3) is 21.8 Å². The SMILES string of the molecule is O=C(O)NCC(NC(=O)c1c[nH]c2ccccc12)c1c[nH]c2ccc(Br)cc12. The summed E-state index contributed by atoms with van der Waals surface area (Å²) in [6.07, 6.45) is 2.31. The second kappa shape index (κ2) is 7.40. The summed E-state index contributed by atoms with van der Waals surface area (Å²) >= 11 is 3.46.